The minimum atomic E-state index is -4.37. The monoisotopic (exact) mass is 292 g/mol. The molecule has 0 aromatic heterocycles. The lowest BCUT2D eigenvalue weighted by molar-refractivity contribution is -0.137. The summed E-state index contributed by atoms with van der Waals surface area (Å²) in [5.41, 5.74) is -0.527. The summed E-state index contributed by atoms with van der Waals surface area (Å²) in [7, 11) is 1.85. The smallest absolute Gasteiger partial charge is 0.369 e. The third-order valence-corrected chi connectivity index (χ3v) is 3.69. The van der Waals surface area contributed by atoms with Crippen LogP contribution in [0.2, 0.25) is 5.02 Å². The first-order valence-corrected chi connectivity index (χ1v) is 6.56. The highest BCUT2D eigenvalue weighted by molar-refractivity contribution is 6.33. The molecule has 1 N–H and O–H groups in total. The van der Waals surface area contributed by atoms with Gasteiger partial charge in [-0.25, -0.2) is 0 Å². The van der Waals surface area contributed by atoms with E-state index in [4.69, 9.17) is 11.6 Å². The first kappa shape index (κ1) is 14.5. The van der Waals surface area contributed by atoms with Crippen molar-refractivity contribution in [2.75, 3.05) is 31.6 Å². The Hall–Kier alpha value is -0.940. The van der Waals surface area contributed by atoms with Crippen molar-refractivity contribution in [3.05, 3.63) is 28.8 Å². The van der Waals surface area contributed by atoms with Crippen LogP contribution in [0.15, 0.2) is 18.2 Å². The molecule has 106 valence electrons. The Balaban J connectivity index is 2.30. The Labute approximate surface area is 115 Å². The number of nitrogens with zero attached hydrogens (tertiary/aromatic N) is 1. The van der Waals surface area contributed by atoms with Crippen molar-refractivity contribution in [3.63, 3.8) is 0 Å². The zero-order valence-electron chi connectivity index (χ0n) is 10.6. The topological polar surface area (TPSA) is 15.3 Å². The van der Waals surface area contributed by atoms with E-state index < -0.39 is 11.7 Å². The van der Waals surface area contributed by atoms with E-state index in [2.05, 4.69) is 5.32 Å². The van der Waals surface area contributed by atoms with Gasteiger partial charge >= 0.3 is 6.18 Å². The molecule has 0 bridgehead atoms. The molecule has 0 spiro atoms. The molecule has 19 heavy (non-hydrogen) atoms. The molecule has 0 saturated carbocycles. The summed E-state index contributed by atoms with van der Waals surface area (Å²) >= 11 is 5.98. The van der Waals surface area contributed by atoms with Gasteiger partial charge in [0.2, 0.25) is 0 Å². The van der Waals surface area contributed by atoms with Crippen LogP contribution in [0.4, 0.5) is 18.9 Å². The summed E-state index contributed by atoms with van der Waals surface area (Å²) in [5.74, 6) is 0.363. The van der Waals surface area contributed by atoms with E-state index in [0.29, 0.717) is 19.0 Å². The van der Waals surface area contributed by atoms with Crippen LogP contribution in [0.5, 0.6) is 0 Å². The molecule has 1 aromatic carbocycles. The van der Waals surface area contributed by atoms with Crippen LogP contribution in [-0.2, 0) is 6.18 Å². The van der Waals surface area contributed by atoms with Crippen molar-refractivity contribution in [2.24, 2.45) is 5.92 Å². The van der Waals surface area contributed by atoms with Gasteiger partial charge in [0.05, 0.1) is 16.3 Å². The highest BCUT2D eigenvalue weighted by atomic mass is 35.5. The molecular formula is C13H16ClF3N2. The van der Waals surface area contributed by atoms with Gasteiger partial charge in [-0.05, 0) is 38.1 Å². The normalized spacial score (nSPS) is 20.1. The molecule has 0 amide bonds. The van der Waals surface area contributed by atoms with Gasteiger partial charge in [0.1, 0.15) is 0 Å². The fourth-order valence-electron chi connectivity index (χ4n) is 2.56. The van der Waals surface area contributed by atoms with E-state index in [1.807, 2.05) is 7.05 Å². The molecule has 0 aliphatic carbocycles. The molecule has 1 saturated heterocycles. The van der Waals surface area contributed by atoms with Crippen LogP contribution < -0.4 is 10.2 Å². The Morgan fingerprint density at radius 2 is 2.16 bits per heavy atom. The van der Waals surface area contributed by atoms with Gasteiger partial charge in [-0.15, -0.1) is 0 Å². The first-order valence-electron chi connectivity index (χ1n) is 6.18. The van der Waals surface area contributed by atoms with Crippen LogP contribution in [0.3, 0.4) is 0 Å². The predicted octanol–water partition coefficient (Wildman–Crippen LogP) is 3.40. The molecular weight excluding hydrogens is 277 g/mol. The lowest BCUT2D eigenvalue weighted by Crippen LogP contribution is -2.26. The van der Waals surface area contributed by atoms with Gasteiger partial charge in [-0.3, -0.25) is 0 Å². The van der Waals surface area contributed by atoms with Gasteiger partial charge in [-0.1, -0.05) is 17.7 Å². The Morgan fingerprint density at radius 1 is 1.42 bits per heavy atom. The highest BCUT2D eigenvalue weighted by Crippen LogP contribution is 2.42. The second kappa shape index (κ2) is 5.59. The van der Waals surface area contributed by atoms with Gasteiger partial charge in [0.15, 0.2) is 0 Å². The van der Waals surface area contributed by atoms with Crippen molar-refractivity contribution in [3.8, 4) is 0 Å². The van der Waals surface area contributed by atoms with Crippen LogP contribution in [0, 0.1) is 5.92 Å². The van der Waals surface area contributed by atoms with Crippen LogP contribution in [0.1, 0.15) is 12.0 Å². The van der Waals surface area contributed by atoms with E-state index in [0.717, 1.165) is 19.0 Å². The van der Waals surface area contributed by atoms with Crippen molar-refractivity contribution in [1.82, 2.24) is 5.32 Å². The molecule has 1 fully saturated rings. The maximum atomic E-state index is 13.0. The largest absolute Gasteiger partial charge is 0.418 e. The zero-order chi connectivity index (χ0) is 14.0. The van der Waals surface area contributed by atoms with Gasteiger partial charge < -0.3 is 10.2 Å². The quantitative estimate of drug-likeness (QED) is 0.918. The Bertz CT molecular complexity index is 448. The number of hydrogen-bond acceptors (Lipinski definition) is 2. The fourth-order valence-corrected chi connectivity index (χ4v) is 2.85. The molecule has 1 atom stereocenters. The molecule has 2 rings (SSSR count). The second-order valence-corrected chi connectivity index (χ2v) is 5.20. The van der Waals surface area contributed by atoms with Crippen LogP contribution in [0.25, 0.3) is 0 Å². The van der Waals surface area contributed by atoms with E-state index in [-0.39, 0.29) is 10.7 Å². The summed E-state index contributed by atoms with van der Waals surface area (Å²) in [4.78, 5) is 1.74. The number of nitrogens with one attached hydrogen (secondary N) is 1. The van der Waals surface area contributed by atoms with E-state index in [1.165, 1.54) is 12.1 Å². The van der Waals surface area contributed by atoms with Crippen molar-refractivity contribution in [1.29, 1.82) is 0 Å². The molecule has 1 heterocycles. The molecule has 1 aliphatic heterocycles. The Kier molecular flexibility index (Phi) is 4.26. The zero-order valence-corrected chi connectivity index (χ0v) is 11.4. The maximum absolute atomic E-state index is 13.0. The van der Waals surface area contributed by atoms with Crippen LogP contribution >= 0.6 is 11.6 Å². The number of hydrogen-bond donors (Lipinski definition) is 1. The molecule has 2 nitrogen and oxygen atoms in total. The summed E-state index contributed by atoms with van der Waals surface area (Å²) < 4.78 is 39.1. The maximum Gasteiger partial charge on any atom is 0.418 e. The number of alkyl halides is 3. The molecule has 0 radical (unpaired) electrons. The molecule has 1 aliphatic rings. The number of anilines is 1. The third-order valence-electron chi connectivity index (χ3n) is 3.39. The SMILES string of the molecule is CNCC1CCN(c2c(Cl)cccc2C(F)(F)F)C1. The van der Waals surface area contributed by atoms with Gasteiger partial charge in [0, 0.05) is 13.1 Å². The summed E-state index contributed by atoms with van der Waals surface area (Å²) in [6.45, 7) is 2.02. The lowest BCUT2D eigenvalue weighted by atomic mass is 10.1. The van der Waals surface area contributed by atoms with Crippen molar-refractivity contribution in [2.45, 2.75) is 12.6 Å². The minimum absolute atomic E-state index is 0.121. The van der Waals surface area contributed by atoms with E-state index in [9.17, 15) is 13.2 Å². The van der Waals surface area contributed by atoms with E-state index >= 15 is 0 Å². The summed E-state index contributed by atoms with van der Waals surface area (Å²) in [5, 5.41) is 3.23. The number of halogens is 4. The standard InChI is InChI=1S/C13H16ClF3N2/c1-18-7-9-5-6-19(8-9)12-10(13(15,16)17)3-2-4-11(12)14/h2-4,9,18H,5-8H2,1H3. The second-order valence-electron chi connectivity index (χ2n) is 4.79. The molecule has 1 unspecified atom stereocenters. The minimum Gasteiger partial charge on any atom is -0.369 e. The molecule has 1 aromatic rings. The summed E-state index contributed by atoms with van der Waals surface area (Å²) in [6, 6.07) is 3.94. The molecule has 6 heteroatoms. The lowest BCUT2D eigenvalue weighted by Gasteiger charge is -2.24. The van der Waals surface area contributed by atoms with Crippen LogP contribution in [-0.4, -0.2) is 26.7 Å². The Morgan fingerprint density at radius 3 is 2.79 bits per heavy atom. The predicted molar refractivity (Wildman–Crippen MR) is 70.7 cm³/mol. The number of benzene rings is 1. The van der Waals surface area contributed by atoms with Gasteiger partial charge in [0.25, 0.3) is 0 Å². The van der Waals surface area contributed by atoms with Crippen molar-refractivity contribution < 1.29 is 13.2 Å². The van der Waals surface area contributed by atoms with Crippen molar-refractivity contribution >= 4 is 17.3 Å². The van der Waals surface area contributed by atoms with E-state index in [1.54, 1.807) is 4.90 Å². The average Bonchev–Trinajstić information content (AvgIpc) is 2.76. The van der Waals surface area contributed by atoms with Gasteiger partial charge in [-0.2, -0.15) is 13.2 Å². The third kappa shape index (κ3) is 3.15. The summed E-state index contributed by atoms with van der Waals surface area (Å²) in [6.07, 6.45) is -3.50. The average molecular weight is 293 g/mol. The fraction of sp³-hybridized carbons (Fsp3) is 0.538. The highest BCUT2D eigenvalue weighted by Gasteiger charge is 2.37. The number of para-hydroxylation sites is 1. The number of rotatable bonds is 3. The first-order chi connectivity index (χ1) is 8.93.